The van der Waals surface area contributed by atoms with E-state index in [1.807, 2.05) is 65.8 Å². The van der Waals surface area contributed by atoms with Crippen LogP contribution in [-0.2, 0) is 9.47 Å². The van der Waals surface area contributed by atoms with E-state index in [9.17, 15) is 34.0 Å². The Balaban J connectivity index is 0.000000179. The first-order valence-corrected chi connectivity index (χ1v) is 39.8. The van der Waals surface area contributed by atoms with Crippen LogP contribution < -0.4 is 61.2 Å². The largest absolute Gasteiger partial charge is 0.497 e. The minimum Gasteiger partial charge on any atom is -0.497 e. The van der Waals surface area contributed by atoms with Crippen LogP contribution in [0.1, 0.15) is 176 Å². The molecule has 0 bridgehead atoms. The summed E-state index contributed by atoms with van der Waals surface area (Å²) in [4.78, 5) is 112. The molecule has 8 heterocycles. The van der Waals surface area contributed by atoms with Crippen LogP contribution in [0.15, 0.2) is 140 Å². The molecular formula is C85H102Cl2N18O11. The third kappa shape index (κ3) is 23.9. The Kier molecular flexibility index (Phi) is 29.0. The number of hydrogen-bond acceptors (Lipinski definition) is 23. The van der Waals surface area contributed by atoms with Crippen LogP contribution in [0.3, 0.4) is 0 Å². The monoisotopic (exact) mass is 1620 g/mol. The van der Waals surface area contributed by atoms with E-state index in [4.69, 9.17) is 62.6 Å². The number of aromatic nitrogens is 6. The van der Waals surface area contributed by atoms with Gasteiger partial charge in [-0.2, -0.15) is 5.26 Å². The van der Waals surface area contributed by atoms with Crippen molar-refractivity contribution in [1.82, 2.24) is 55.7 Å². The number of halogens is 2. The Morgan fingerprint density at radius 3 is 1.14 bits per heavy atom. The van der Waals surface area contributed by atoms with E-state index >= 15 is 0 Å². The fourth-order valence-corrected chi connectivity index (χ4v) is 14.6. The zero-order chi connectivity index (χ0) is 82.6. The number of benzene rings is 5. The van der Waals surface area contributed by atoms with E-state index in [2.05, 4.69) is 91.6 Å². The van der Waals surface area contributed by atoms with Crippen molar-refractivity contribution in [3.63, 3.8) is 0 Å². The molecule has 7 N–H and O–H groups in total. The normalized spacial score (nSPS) is 17.3. The predicted molar refractivity (Wildman–Crippen MR) is 445 cm³/mol. The zero-order valence-electron chi connectivity index (χ0n) is 67.0. The molecule has 5 saturated heterocycles. The van der Waals surface area contributed by atoms with Gasteiger partial charge >= 0.3 is 12.2 Å². The van der Waals surface area contributed by atoms with Crippen LogP contribution in [0.5, 0.6) is 17.2 Å². The van der Waals surface area contributed by atoms with Gasteiger partial charge in [-0.3, -0.25) is 19.2 Å². The fraction of sp³-hybridized carbons (Fsp3) is 0.424. The smallest absolute Gasteiger partial charge is 0.410 e. The number of carbonyl (C=O) groups is 6. The van der Waals surface area contributed by atoms with Gasteiger partial charge in [-0.15, -0.1) is 0 Å². The van der Waals surface area contributed by atoms with Gasteiger partial charge in [0.05, 0.1) is 39.9 Å². The summed E-state index contributed by atoms with van der Waals surface area (Å²) in [5.74, 6) is 4.29. The van der Waals surface area contributed by atoms with Crippen LogP contribution >= 0.6 is 23.2 Å². The minimum absolute atomic E-state index is 0.0274. The second-order valence-electron chi connectivity index (χ2n) is 31.1. The Morgan fingerprint density at radius 2 is 0.793 bits per heavy atom. The highest BCUT2D eigenvalue weighted by Crippen LogP contribution is 2.35. The topological polar surface area (TPSA) is 352 Å². The molecule has 5 aromatic carbocycles. The van der Waals surface area contributed by atoms with E-state index in [0.29, 0.717) is 109 Å². The van der Waals surface area contributed by atoms with Gasteiger partial charge in [0.1, 0.15) is 52.0 Å². The number of carbonyl (C=O) groups excluding carboxylic acids is 6. The SMILES string of the molecule is COc1ccc(C(=O)N[C@@H]2CCCN(c3cnc(C#N)c(Nc4ccc(C5CCN(C(=O)OC(C)(C)C)CC5)cc4)n3)C2)cc1.COc1ccc(C(=O)N[C@@H]2CCCN(c3cnc(C(N)=O)c(Nc4ccc(C5CCN(C(=O)OC(C)(C)C)CC5)cc4)n3)C2)cc1.COc1ccc(C(=O)N[C@@H]2CCCN(c3cnc(Cl)c(Cl)n3)C2)cc1. The van der Waals surface area contributed by atoms with Gasteiger partial charge in [0.25, 0.3) is 23.6 Å². The number of anilines is 7. The lowest BCUT2D eigenvalue weighted by Gasteiger charge is -2.34. The highest BCUT2D eigenvalue weighted by atomic mass is 35.5. The number of likely N-dealkylation sites (tertiary alicyclic amines) is 2. The van der Waals surface area contributed by atoms with Crippen molar-refractivity contribution in [3.05, 3.63) is 189 Å². The molecule has 5 fully saturated rings. The number of nitriles is 1. The first-order valence-electron chi connectivity index (χ1n) is 39.1. The summed E-state index contributed by atoms with van der Waals surface area (Å²) in [6.07, 6.45) is 13.0. The van der Waals surface area contributed by atoms with E-state index < -0.39 is 17.1 Å². The summed E-state index contributed by atoms with van der Waals surface area (Å²) in [6, 6.07) is 39.2. The van der Waals surface area contributed by atoms with E-state index in [-0.39, 0.29) is 75.5 Å². The molecule has 5 aliphatic heterocycles. The van der Waals surface area contributed by atoms with Crippen molar-refractivity contribution in [2.45, 2.75) is 147 Å². The number of methoxy groups -OCH3 is 3. The van der Waals surface area contributed by atoms with E-state index in [1.165, 1.54) is 11.1 Å². The molecule has 13 rings (SSSR count). The Morgan fingerprint density at radius 1 is 0.448 bits per heavy atom. The molecule has 5 aliphatic rings. The van der Waals surface area contributed by atoms with Gasteiger partial charge in [0.2, 0.25) is 0 Å². The zero-order valence-corrected chi connectivity index (χ0v) is 68.5. The second kappa shape index (κ2) is 39.5. The standard InChI is InChI=1S/C34H43N7O5.C34H41N7O4.C17H18Cl2N4O2/c1-34(2,3)46-33(44)40-18-15-23(16-19-40)22-7-11-25(12-8-22)37-31-29(30(35)42)36-20-28(39-31)41-17-5-6-26(21-41)38-32(43)24-9-13-27(45-4)14-10-24;1-34(2,3)45-33(43)40-18-15-24(16-19-40)23-7-11-26(12-8-23)37-31-29(20-35)36-21-30(39-31)41-17-5-6-27(22-41)38-32(42)25-9-13-28(44-4)14-10-25;1-25-13-6-4-11(5-7-13)17(24)21-12-3-2-8-23(10-12)14-9-20-15(18)16(19)22-14/h7-14,20,23,26H,5-6,15-19,21H2,1-4H3,(H2,35,42)(H,37,39)(H,38,43);7-14,21,24,27H,5-6,15-19,22H2,1-4H3,(H,37,39)(H,38,42);4-7,9,12H,2-3,8,10H2,1H3,(H,21,24)/t26-;27-;12-/m111/s1. The average molecular weight is 1620 g/mol. The van der Waals surface area contributed by atoms with Gasteiger partial charge in [-0.25, -0.2) is 39.5 Å². The molecule has 3 atom stereocenters. The average Bonchev–Trinajstić information content (AvgIpc) is 0.968. The summed E-state index contributed by atoms with van der Waals surface area (Å²) in [6.45, 7) is 18.0. The van der Waals surface area contributed by atoms with Gasteiger partial charge < -0.3 is 80.5 Å². The lowest BCUT2D eigenvalue weighted by Crippen LogP contribution is -2.48. The maximum atomic E-state index is 12.9. The third-order valence-corrected chi connectivity index (χ3v) is 21.1. The number of amides is 6. The molecule has 0 unspecified atom stereocenters. The van der Waals surface area contributed by atoms with Crippen molar-refractivity contribution < 1.29 is 52.5 Å². The van der Waals surface area contributed by atoms with Crippen molar-refractivity contribution in [2.24, 2.45) is 5.73 Å². The highest BCUT2D eigenvalue weighted by Gasteiger charge is 2.32. The van der Waals surface area contributed by atoms with Gasteiger partial charge in [-0.05, 0) is 226 Å². The van der Waals surface area contributed by atoms with Crippen molar-refractivity contribution in [2.75, 3.05) is 112 Å². The molecule has 0 spiro atoms. The molecule has 31 heteroatoms. The Hall–Kier alpha value is -11.8. The van der Waals surface area contributed by atoms with Gasteiger partial charge in [0.15, 0.2) is 33.3 Å². The number of hydrogen-bond donors (Lipinski definition) is 6. The molecule has 0 radical (unpaired) electrons. The second-order valence-corrected chi connectivity index (χ2v) is 31.8. The third-order valence-electron chi connectivity index (χ3n) is 20.4. The number of nitrogens with two attached hydrogens (primary N) is 1. The maximum Gasteiger partial charge on any atom is 0.410 e. The lowest BCUT2D eigenvalue weighted by atomic mass is 9.89. The van der Waals surface area contributed by atoms with Crippen LogP contribution in [0.25, 0.3) is 0 Å². The fourth-order valence-electron chi connectivity index (χ4n) is 14.3. The van der Waals surface area contributed by atoms with Crippen LogP contribution in [0.4, 0.5) is 50.1 Å². The van der Waals surface area contributed by atoms with Crippen molar-refractivity contribution in [1.29, 1.82) is 5.26 Å². The summed E-state index contributed by atoms with van der Waals surface area (Å²) in [5, 5.41) is 25.9. The molecule has 612 valence electrons. The molecular weight excluding hydrogens is 1520 g/mol. The minimum atomic E-state index is -0.682. The molecule has 6 amide bonds. The molecule has 8 aromatic rings. The predicted octanol–water partition coefficient (Wildman–Crippen LogP) is 13.6. The number of nitrogens with one attached hydrogen (secondary N) is 5. The van der Waals surface area contributed by atoms with Crippen molar-refractivity contribution in [3.8, 4) is 23.3 Å². The summed E-state index contributed by atoms with van der Waals surface area (Å²) < 4.78 is 26.5. The lowest BCUT2D eigenvalue weighted by molar-refractivity contribution is 0.0194. The van der Waals surface area contributed by atoms with Crippen LogP contribution in [0.2, 0.25) is 10.3 Å². The number of ether oxygens (including phenoxy) is 5. The first-order chi connectivity index (χ1) is 55.7. The number of primary amides is 1. The molecule has 29 nitrogen and oxygen atoms in total. The number of piperidine rings is 5. The molecule has 3 aromatic heterocycles. The van der Waals surface area contributed by atoms with Crippen LogP contribution in [0, 0.1) is 11.3 Å². The summed E-state index contributed by atoms with van der Waals surface area (Å²) in [5.41, 5.74) is 10.6. The summed E-state index contributed by atoms with van der Waals surface area (Å²) >= 11 is 11.8. The highest BCUT2D eigenvalue weighted by molar-refractivity contribution is 6.40. The maximum absolute atomic E-state index is 12.9. The first kappa shape index (κ1) is 85.1. The number of rotatable bonds is 19. The van der Waals surface area contributed by atoms with Gasteiger partial charge in [0, 0.05) is 112 Å². The molecule has 0 saturated carbocycles. The number of nitrogens with zero attached hydrogens (tertiary/aromatic N) is 12. The van der Waals surface area contributed by atoms with Gasteiger partial charge in [-0.1, -0.05) is 47.5 Å². The van der Waals surface area contributed by atoms with E-state index in [0.717, 1.165) is 101 Å². The van der Waals surface area contributed by atoms with Crippen LogP contribution in [-0.4, -0.2) is 192 Å². The van der Waals surface area contributed by atoms with Crippen molar-refractivity contribution >= 4 is 99.5 Å². The molecule has 116 heavy (non-hydrogen) atoms. The molecule has 0 aliphatic carbocycles. The van der Waals surface area contributed by atoms with E-state index in [1.54, 1.807) is 123 Å². The Labute approximate surface area is 686 Å². The quantitative estimate of drug-likeness (QED) is 0.0438. The Bertz CT molecular complexity index is 4730. The summed E-state index contributed by atoms with van der Waals surface area (Å²) in [7, 11) is 4.78.